The number of alkyl halides is 3. The highest BCUT2D eigenvalue weighted by molar-refractivity contribution is 5.84. The number of aliphatic hydroxyl groups excluding tert-OH is 3. The van der Waals surface area contributed by atoms with Gasteiger partial charge in [-0.2, -0.15) is 18.3 Å². The van der Waals surface area contributed by atoms with E-state index in [0.29, 0.717) is 22.3 Å². The van der Waals surface area contributed by atoms with Crippen LogP contribution in [0.3, 0.4) is 0 Å². The molecule has 1 aromatic carbocycles. The highest BCUT2D eigenvalue weighted by atomic mass is 19.4. The van der Waals surface area contributed by atoms with Gasteiger partial charge in [0.15, 0.2) is 5.82 Å². The number of nitrogen functional groups attached to an aromatic ring is 1. The highest BCUT2D eigenvalue weighted by Gasteiger charge is 2.44. The van der Waals surface area contributed by atoms with Crippen molar-refractivity contribution in [3.8, 4) is 0 Å². The molecule has 0 spiro atoms. The number of anilines is 1. The standard InChI is InChI=1S/C20H19F3N4O4/c21-20(22,23)12-5-2-10(3-6-12)1-4-11-7-13(27-15(11)19(24)25-9-26-27)18-17(30)16(29)14(8-28)31-18/h1-7,9,14,16-18,28-30H,8H2,(H2,24,25,26)/b4-1+/t14-,16-,17-,18+/m1/s1. The van der Waals surface area contributed by atoms with Crippen molar-refractivity contribution in [3.05, 3.63) is 59.0 Å². The van der Waals surface area contributed by atoms with E-state index in [9.17, 15) is 28.5 Å². The van der Waals surface area contributed by atoms with Gasteiger partial charge in [-0.3, -0.25) is 0 Å². The minimum atomic E-state index is -4.42. The summed E-state index contributed by atoms with van der Waals surface area (Å²) in [6.07, 6.45) is -4.51. The van der Waals surface area contributed by atoms with Crippen LogP contribution in [0.1, 0.15) is 28.5 Å². The Labute approximate surface area is 174 Å². The van der Waals surface area contributed by atoms with Crippen LogP contribution in [0.2, 0.25) is 0 Å². The second-order valence-corrected chi connectivity index (χ2v) is 7.14. The van der Waals surface area contributed by atoms with Crippen LogP contribution in [-0.4, -0.2) is 54.8 Å². The van der Waals surface area contributed by atoms with E-state index < -0.39 is 42.8 Å². The number of ether oxygens (including phenoxy) is 1. The fourth-order valence-electron chi connectivity index (χ4n) is 3.56. The lowest BCUT2D eigenvalue weighted by Crippen LogP contribution is -2.32. The molecule has 0 bridgehead atoms. The van der Waals surface area contributed by atoms with Crippen molar-refractivity contribution >= 4 is 23.5 Å². The summed E-state index contributed by atoms with van der Waals surface area (Å²) in [5, 5.41) is 33.9. The summed E-state index contributed by atoms with van der Waals surface area (Å²) >= 11 is 0. The third kappa shape index (κ3) is 3.88. The third-order valence-electron chi connectivity index (χ3n) is 5.17. The fraction of sp³-hybridized carbons (Fsp3) is 0.300. The second kappa shape index (κ2) is 7.93. The molecule has 0 aliphatic carbocycles. The number of hydrogen-bond donors (Lipinski definition) is 4. The third-order valence-corrected chi connectivity index (χ3v) is 5.17. The maximum absolute atomic E-state index is 12.7. The van der Waals surface area contributed by atoms with Crippen molar-refractivity contribution in [3.63, 3.8) is 0 Å². The van der Waals surface area contributed by atoms with E-state index in [2.05, 4.69) is 10.1 Å². The van der Waals surface area contributed by atoms with Gasteiger partial charge in [-0.05, 0) is 23.8 Å². The van der Waals surface area contributed by atoms with Crippen LogP contribution >= 0.6 is 0 Å². The Morgan fingerprint density at radius 2 is 1.84 bits per heavy atom. The van der Waals surface area contributed by atoms with Crippen molar-refractivity contribution in [2.75, 3.05) is 12.3 Å². The molecule has 0 radical (unpaired) electrons. The predicted molar refractivity (Wildman–Crippen MR) is 104 cm³/mol. The molecule has 0 saturated carbocycles. The molecular formula is C20H19F3N4O4. The van der Waals surface area contributed by atoms with Crippen LogP contribution in [0, 0.1) is 0 Å². The largest absolute Gasteiger partial charge is 0.416 e. The summed E-state index contributed by atoms with van der Waals surface area (Å²) in [6, 6.07) is 6.27. The summed E-state index contributed by atoms with van der Waals surface area (Å²) in [5.41, 5.74) is 7.08. The monoisotopic (exact) mass is 436 g/mol. The molecular weight excluding hydrogens is 417 g/mol. The molecule has 1 fully saturated rings. The van der Waals surface area contributed by atoms with Gasteiger partial charge >= 0.3 is 6.18 Å². The zero-order chi connectivity index (χ0) is 22.3. The molecule has 4 atom stereocenters. The zero-order valence-electron chi connectivity index (χ0n) is 15.9. The molecule has 3 heterocycles. The highest BCUT2D eigenvalue weighted by Crippen LogP contribution is 2.36. The topological polar surface area (TPSA) is 126 Å². The van der Waals surface area contributed by atoms with Gasteiger partial charge in [0.05, 0.1) is 17.9 Å². The lowest BCUT2D eigenvalue weighted by molar-refractivity contribution is -0.137. The minimum absolute atomic E-state index is 0.139. The normalized spacial score (nSPS) is 24.5. The molecule has 0 amide bonds. The number of aromatic nitrogens is 3. The molecule has 11 heteroatoms. The number of fused-ring (bicyclic) bond motifs is 1. The fourth-order valence-corrected chi connectivity index (χ4v) is 3.56. The molecule has 3 aromatic rings. The first-order chi connectivity index (χ1) is 14.7. The molecule has 8 nitrogen and oxygen atoms in total. The van der Waals surface area contributed by atoms with Crippen molar-refractivity contribution in [2.45, 2.75) is 30.6 Å². The lowest BCUT2D eigenvalue weighted by Gasteiger charge is -2.14. The van der Waals surface area contributed by atoms with E-state index in [1.165, 1.54) is 23.0 Å². The number of nitrogens with zero attached hydrogens (tertiary/aromatic N) is 3. The molecule has 0 unspecified atom stereocenters. The first-order valence-corrected chi connectivity index (χ1v) is 9.30. The van der Waals surface area contributed by atoms with E-state index in [4.69, 9.17) is 10.5 Å². The van der Waals surface area contributed by atoms with Gasteiger partial charge in [-0.15, -0.1) is 0 Å². The smallest absolute Gasteiger partial charge is 0.394 e. The SMILES string of the molecule is Nc1ncnn2c([C@@H]3O[C@H](CO)[C@@H](O)[C@H]3O)cc(/C=C/c3ccc(C(F)(F)F)cc3)c12. The van der Waals surface area contributed by atoms with Crippen molar-refractivity contribution in [2.24, 2.45) is 0 Å². The number of nitrogens with two attached hydrogens (primary N) is 1. The van der Waals surface area contributed by atoms with Gasteiger partial charge < -0.3 is 25.8 Å². The van der Waals surface area contributed by atoms with Crippen molar-refractivity contribution in [1.82, 2.24) is 14.6 Å². The Morgan fingerprint density at radius 1 is 1.13 bits per heavy atom. The Morgan fingerprint density at radius 3 is 2.45 bits per heavy atom. The number of aliphatic hydroxyl groups is 3. The summed E-state index contributed by atoms with van der Waals surface area (Å²) in [4.78, 5) is 3.96. The van der Waals surface area contributed by atoms with Crippen LogP contribution < -0.4 is 5.73 Å². The van der Waals surface area contributed by atoms with Crippen LogP contribution in [-0.2, 0) is 10.9 Å². The summed E-state index contributed by atoms with van der Waals surface area (Å²) in [5.74, 6) is 0.139. The average Bonchev–Trinajstić information content (AvgIpc) is 3.24. The number of rotatable bonds is 4. The van der Waals surface area contributed by atoms with Gasteiger partial charge in [0.1, 0.15) is 36.3 Å². The van der Waals surface area contributed by atoms with E-state index in [1.807, 2.05) is 0 Å². The number of hydrogen-bond acceptors (Lipinski definition) is 7. The Bertz CT molecular complexity index is 1110. The molecule has 164 valence electrons. The van der Waals surface area contributed by atoms with Gasteiger partial charge in [-0.1, -0.05) is 24.3 Å². The van der Waals surface area contributed by atoms with Gasteiger partial charge in [0.25, 0.3) is 0 Å². The molecule has 1 aliphatic heterocycles. The van der Waals surface area contributed by atoms with E-state index >= 15 is 0 Å². The summed E-state index contributed by atoms with van der Waals surface area (Å²) in [6.45, 7) is -0.476. The average molecular weight is 436 g/mol. The molecule has 5 N–H and O–H groups in total. The molecule has 1 saturated heterocycles. The van der Waals surface area contributed by atoms with Crippen molar-refractivity contribution < 1.29 is 33.2 Å². The maximum atomic E-state index is 12.7. The quantitative estimate of drug-likeness (QED) is 0.490. The molecule has 31 heavy (non-hydrogen) atoms. The van der Waals surface area contributed by atoms with Crippen LogP contribution in [0.15, 0.2) is 36.7 Å². The minimum Gasteiger partial charge on any atom is -0.394 e. The van der Waals surface area contributed by atoms with Crippen LogP contribution in [0.25, 0.3) is 17.7 Å². The number of halogens is 3. The summed E-state index contributed by atoms with van der Waals surface area (Å²) in [7, 11) is 0. The molecule has 2 aromatic heterocycles. The Hall–Kier alpha value is -2.99. The van der Waals surface area contributed by atoms with E-state index in [-0.39, 0.29) is 5.82 Å². The Kier molecular flexibility index (Phi) is 5.43. The first-order valence-electron chi connectivity index (χ1n) is 9.30. The van der Waals surface area contributed by atoms with Gasteiger partial charge in [0.2, 0.25) is 0 Å². The zero-order valence-corrected chi connectivity index (χ0v) is 15.9. The number of benzene rings is 1. The van der Waals surface area contributed by atoms with E-state index in [0.717, 1.165) is 12.1 Å². The van der Waals surface area contributed by atoms with Crippen LogP contribution in [0.5, 0.6) is 0 Å². The van der Waals surface area contributed by atoms with Crippen LogP contribution in [0.4, 0.5) is 19.0 Å². The molecule has 4 rings (SSSR count). The van der Waals surface area contributed by atoms with Gasteiger partial charge in [0, 0.05) is 5.56 Å². The predicted octanol–water partition coefficient (Wildman–Crippen LogP) is 1.65. The Balaban J connectivity index is 1.71. The first kappa shape index (κ1) is 21.2. The van der Waals surface area contributed by atoms with Gasteiger partial charge in [-0.25, -0.2) is 9.50 Å². The molecule has 1 aliphatic rings. The maximum Gasteiger partial charge on any atom is 0.416 e. The van der Waals surface area contributed by atoms with E-state index in [1.54, 1.807) is 18.2 Å². The van der Waals surface area contributed by atoms with Crippen molar-refractivity contribution in [1.29, 1.82) is 0 Å². The lowest BCUT2D eigenvalue weighted by atomic mass is 10.1. The summed E-state index contributed by atoms with van der Waals surface area (Å²) < 4.78 is 45.2. The second-order valence-electron chi connectivity index (χ2n) is 7.14.